The molecule has 0 aliphatic rings. The molecule has 2 aromatic rings. The van der Waals surface area contributed by atoms with Gasteiger partial charge in [-0.15, -0.1) is 0 Å². The summed E-state index contributed by atoms with van der Waals surface area (Å²) in [6, 6.07) is 13.2. The van der Waals surface area contributed by atoms with E-state index in [9.17, 15) is 0 Å². The molecule has 1 aromatic carbocycles. The first-order chi connectivity index (χ1) is 10.2. The summed E-state index contributed by atoms with van der Waals surface area (Å²) in [5, 5.41) is 5.55. The van der Waals surface area contributed by atoms with Gasteiger partial charge in [0.2, 0.25) is 0 Å². The van der Waals surface area contributed by atoms with Crippen molar-refractivity contribution in [3.63, 3.8) is 0 Å². The molecular formula is C18H26N2S. The summed E-state index contributed by atoms with van der Waals surface area (Å²) in [5.41, 5.74) is 2.28. The van der Waals surface area contributed by atoms with Crippen LogP contribution >= 0.6 is 11.8 Å². The summed E-state index contributed by atoms with van der Waals surface area (Å²) in [7, 11) is 0. The Morgan fingerprint density at radius 3 is 2.71 bits per heavy atom. The maximum atomic E-state index is 4.80. The molecule has 0 aliphatic heterocycles. The van der Waals surface area contributed by atoms with Gasteiger partial charge in [0.05, 0.1) is 5.52 Å². The largest absolute Gasteiger partial charge is 0.313 e. The van der Waals surface area contributed by atoms with Gasteiger partial charge in [0.25, 0.3) is 0 Å². The van der Waals surface area contributed by atoms with E-state index in [0.29, 0.717) is 6.04 Å². The number of pyridine rings is 1. The van der Waals surface area contributed by atoms with E-state index in [1.807, 2.05) is 0 Å². The predicted octanol–water partition coefficient (Wildman–Crippen LogP) is 4.29. The van der Waals surface area contributed by atoms with Crippen molar-refractivity contribution in [2.24, 2.45) is 0 Å². The zero-order valence-corrected chi connectivity index (χ0v) is 14.1. The highest BCUT2D eigenvalue weighted by atomic mass is 32.2. The molecule has 2 rings (SSSR count). The molecule has 0 bridgehead atoms. The van der Waals surface area contributed by atoms with Gasteiger partial charge in [-0.05, 0) is 25.1 Å². The molecule has 1 aromatic heterocycles. The van der Waals surface area contributed by atoms with Crippen molar-refractivity contribution in [3.05, 3.63) is 42.1 Å². The van der Waals surface area contributed by atoms with Crippen molar-refractivity contribution in [2.75, 3.05) is 12.3 Å². The molecule has 114 valence electrons. The summed E-state index contributed by atoms with van der Waals surface area (Å²) in [4.78, 5) is 4.80. The third-order valence-corrected chi connectivity index (χ3v) is 5.26. The molecule has 21 heavy (non-hydrogen) atoms. The molecule has 0 saturated heterocycles. The summed E-state index contributed by atoms with van der Waals surface area (Å²) in [6.45, 7) is 7.75. The van der Waals surface area contributed by atoms with E-state index in [2.05, 4.69) is 74.2 Å². The van der Waals surface area contributed by atoms with Gasteiger partial charge in [0, 0.05) is 34.5 Å². The SMILES string of the molecule is CCNC(CSC(C)CC)Cc1ccc2ccccc2n1. The maximum Gasteiger partial charge on any atom is 0.0705 e. The normalized spacial score (nSPS) is 14.2. The Morgan fingerprint density at radius 1 is 1.14 bits per heavy atom. The van der Waals surface area contributed by atoms with E-state index in [1.165, 1.54) is 17.5 Å². The number of likely N-dealkylation sites (N-methyl/N-ethyl adjacent to an activating group) is 1. The van der Waals surface area contributed by atoms with Gasteiger partial charge >= 0.3 is 0 Å². The van der Waals surface area contributed by atoms with Crippen LogP contribution in [-0.4, -0.2) is 28.6 Å². The first-order valence-corrected chi connectivity index (χ1v) is 8.97. The third-order valence-electron chi connectivity index (χ3n) is 3.76. The van der Waals surface area contributed by atoms with Gasteiger partial charge in [-0.3, -0.25) is 4.98 Å². The zero-order valence-electron chi connectivity index (χ0n) is 13.3. The number of aromatic nitrogens is 1. The number of fused-ring (bicyclic) bond motifs is 1. The van der Waals surface area contributed by atoms with Crippen LogP contribution in [-0.2, 0) is 6.42 Å². The van der Waals surface area contributed by atoms with Crippen LogP contribution < -0.4 is 5.32 Å². The van der Waals surface area contributed by atoms with E-state index < -0.39 is 0 Å². The second kappa shape index (κ2) is 8.40. The highest BCUT2D eigenvalue weighted by molar-refractivity contribution is 7.99. The van der Waals surface area contributed by atoms with Crippen LogP contribution in [0.3, 0.4) is 0 Å². The Balaban J connectivity index is 2.03. The highest BCUT2D eigenvalue weighted by Gasteiger charge is 2.11. The molecule has 0 spiro atoms. The zero-order chi connectivity index (χ0) is 15.1. The molecule has 1 N–H and O–H groups in total. The smallest absolute Gasteiger partial charge is 0.0705 e. The number of rotatable bonds is 8. The first kappa shape index (κ1) is 16.3. The van der Waals surface area contributed by atoms with E-state index >= 15 is 0 Å². The lowest BCUT2D eigenvalue weighted by Gasteiger charge is -2.19. The molecule has 1 heterocycles. The van der Waals surface area contributed by atoms with Crippen LogP contribution in [0.5, 0.6) is 0 Å². The van der Waals surface area contributed by atoms with E-state index in [-0.39, 0.29) is 0 Å². The van der Waals surface area contributed by atoms with Crippen LogP contribution in [0, 0.1) is 0 Å². The Morgan fingerprint density at radius 2 is 1.95 bits per heavy atom. The monoisotopic (exact) mass is 302 g/mol. The minimum atomic E-state index is 0.502. The van der Waals surface area contributed by atoms with Crippen molar-refractivity contribution < 1.29 is 0 Å². The molecular weight excluding hydrogens is 276 g/mol. The molecule has 0 saturated carbocycles. The summed E-state index contributed by atoms with van der Waals surface area (Å²) >= 11 is 2.06. The van der Waals surface area contributed by atoms with Gasteiger partial charge in [-0.25, -0.2) is 0 Å². The second-order valence-corrected chi connectivity index (χ2v) is 6.98. The Bertz CT molecular complexity index is 556. The number of para-hydroxylation sites is 1. The molecule has 2 unspecified atom stereocenters. The van der Waals surface area contributed by atoms with E-state index in [4.69, 9.17) is 4.98 Å². The lowest BCUT2D eigenvalue weighted by molar-refractivity contribution is 0.566. The average molecular weight is 302 g/mol. The first-order valence-electron chi connectivity index (χ1n) is 7.92. The molecule has 0 aliphatic carbocycles. The van der Waals surface area contributed by atoms with Gasteiger partial charge in [0.1, 0.15) is 0 Å². The molecule has 2 nitrogen and oxygen atoms in total. The van der Waals surface area contributed by atoms with Crippen LogP contribution in [0.4, 0.5) is 0 Å². The molecule has 0 radical (unpaired) electrons. The van der Waals surface area contributed by atoms with Gasteiger partial charge in [-0.2, -0.15) is 11.8 Å². The lowest BCUT2D eigenvalue weighted by atomic mass is 10.1. The minimum absolute atomic E-state index is 0.502. The van der Waals surface area contributed by atoms with Crippen LogP contribution in [0.25, 0.3) is 10.9 Å². The van der Waals surface area contributed by atoms with Crippen LogP contribution in [0.1, 0.15) is 32.9 Å². The number of nitrogens with zero attached hydrogens (tertiary/aromatic N) is 1. The van der Waals surface area contributed by atoms with E-state index in [1.54, 1.807) is 0 Å². The number of benzene rings is 1. The Kier molecular flexibility index (Phi) is 6.52. The summed E-state index contributed by atoms with van der Waals surface area (Å²) < 4.78 is 0. The van der Waals surface area contributed by atoms with Crippen molar-refractivity contribution in [3.8, 4) is 0 Å². The highest BCUT2D eigenvalue weighted by Crippen LogP contribution is 2.17. The van der Waals surface area contributed by atoms with Crippen LogP contribution in [0.15, 0.2) is 36.4 Å². The van der Waals surface area contributed by atoms with Crippen molar-refractivity contribution in [2.45, 2.75) is 44.9 Å². The van der Waals surface area contributed by atoms with Crippen molar-refractivity contribution in [1.82, 2.24) is 10.3 Å². The predicted molar refractivity (Wildman–Crippen MR) is 95.1 cm³/mol. The number of thioether (sulfide) groups is 1. The number of hydrogen-bond acceptors (Lipinski definition) is 3. The second-order valence-electron chi connectivity index (χ2n) is 5.51. The molecule has 3 heteroatoms. The fourth-order valence-electron chi connectivity index (χ4n) is 2.35. The van der Waals surface area contributed by atoms with Crippen molar-refractivity contribution in [1.29, 1.82) is 0 Å². The van der Waals surface area contributed by atoms with Crippen molar-refractivity contribution >= 4 is 22.7 Å². The quantitative estimate of drug-likeness (QED) is 0.787. The summed E-state index contributed by atoms with van der Waals surface area (Å²) in [5.74, 6) is 1.15. The topological polar surface area (TPSA) is 24.9 Å². The Hall–Kier alpha value is -1.06. The molecule has 2 atom stereocenters. The molecule has 0 fully saturated rings. The maximum absolute atomic E-state index is 4.80. The van der Waals surface area contributed by atoms with Crippen LogP contribution in [0.2, 0.25) is 0 Å². The fraction of sp³-hybridized carbons (Fsp3) is 0.500. The fourth-order valence-corrected chi connectivity index (χ4v) is 3.38. The number of nitrogens with one attached hydrogen (secondary N) is 1. The average Bonchev–Trinajstić information content (AvgIpc) is 2.52. The van der Waals surface area contributed by atoms with Gasteiger partial charge < -0.3 is 5.32 Å². The Labute approximate surface area is 132 Å². The van der Waals surface area contributed by atoms with Gasteiger partial charge in [-0.1, -0.05) is 45.0 Å². The molecule has 0 amide bonds. The van der Waals surface area contributed by atoms with Gasteiger partial charge in [0.15, 0.2) is 0 Å². The third kappa shape index (κ3) is 5.01. The minimum Gasteiger partial charge on any atom is -0.313 e. The lowest BCUT2D eigenvalue weighted by Crippen LogP contribution is -2.34. The van der Waals surface area contributed by atoms with E-state index in [0.717, 1.165) is 29.5 Å². The number of hydrogen-bond donors (Lipinski definition) is 1. The summed E-state index contributed by atoms with van der Waals surface area (Å²) in [6.07, 6.45) is 2.24. The standard InChI is InChI=1S/C18H26N2S/c1-4-14(3)21-13-17(19-5-2)12-16-11-10-15-8-6-7-9-18(15)20-16/h6-11,14,17,19H,4-5,12-13H2,1-3H3.